The number of Topliss-reactive ketones (excluding diaryl/α,β-unsaturated/α-hetero) is 1. The van der Waals surface area contributed by atoms with Crippen LogP contribution in [0.4, 0.5) is 9.59 Å². The first-order valence-corrected chi connectivity index (χ1v) is 26.9. The van der Waals surface area contributed by atoms with Crippen molar-refractivity contribution in [1.29, 1.82) is 0 Å². The Labute approximate surface area is 455 Å². The minimum Gasteiger partial charge on any atom is -0.381 e. The van der Waals surface area contributed by atoms with Gasteiger partial charge in [-0.3, -0.25) is 33.6 Å². The van der Waals surface area contributed by atoms with E-state index in [0.717, 1.165) is 38.5 Å². The molecule has 4 saturated carbocycles. The number of aliphatic hydroxyl groups excluding tert-OH is 1. The molecule has 20 heteroatoms. The molecule has 2 heterocycles. The minimum atomic E-state index is -1.50. The van der Waals surface area contributed by atoms with Crippen molar-refractivity contribution < 1.29 is 56.8 Å². The molecule has 0 aromatic rings. The van der Waals surface area contributed by atoms with E-state index in [0.29, 0.717) is 31.8 Å². The van der Waals surface area contributed by atoms with Gasteiger partial charge in [-0.1, -0.05) is 115 Å². The zero-order valence-electron chi connectivity index (χ0n) is 47.2. The zero-order valence-corrected chi connectivity index (χ0v) is 47.2. The van der Waals surface area contributed by atoms with Crippen LogP contribution in [-0.4, -0.2) is 135 Å². The second kappa shape index (κ2) is 22.5. The highest BCUT2D eigenvalue weighted by Gasteiger charge is 2.71. The van der Waals surface area contributed by atoms with Crippen LogP contribution in [-0.2, 0) is 33.6 Å². The summed E-state index contributed by atoms with van der Waals surface area (Å²) in [5.41, 5.74) is 8.23. The third-order valence-corrected chi connectivity index (χ3v) is 16.8. The van der Waals surface area contributed by atoms with E-state index in [2.05, 4.69) is 59.6 Å². The predicted octanol–water partition coefficient (Wildman–Crippen LogP) is 5.33. The molecular formula is C55H108N10O10. The zero-order chi connectivity index (χ0) is 56.2. The summed E-state index contributed by atoms with van der Waals surface area (Å²) in [4.78, 5) is 120. The third kappa shape index (κ3) is 14.7. The molecule has 6 aliphatic rings. The van der Waals surface area contributed by atoms with Gasteiger partial charge >= 0.3 is 12.1 Å². The molecule has 6 fully saturated rings. The van der Waals surface area contributed by atoms with Crippen LogP contribution in [0.5, 0.6) is 0 Å². The summed E-state index contributed by atoms with van der Waals surface area (Å²) in [7, 11) is 0. The molecule has 3 unspecified atom stereocenters. The first-order valence-electron chi connectivity index (χ1n) is 26.9. The molecule has 6 rings (SSSR count). The van der Waals surface area contributed by atoms with Crippen LogP contribution in [0, 0.1) is 57.2 Å². The van der Waals surface area contributed by atoms with Gasteiger partial charge in [0.25, 0.3) is 5.91 Å². The highest BCUT2D eigenvalue weighted by molar-refractivity contribution is 6.37. The predicted molar refractivity (Wildman–Crippen MR) is 298 cm³/mol. The van der Waals surface area contributed by atoms with Gasteiger partial charge in [-0.05, 0) is 112 Å². The number of likely N-dealkylation sites (tertiary alicyclic amines) is 2. The smallest absolute Gasteiger partial charge is 0.315 e. The Morgan fingerprint density at radius 3 is 1.25 bits per heavy atom. The number of carbonyl (C=O) groups is 9. The highest BCUT2D eigenvalue weighted by Crippen LogP contribution is 2.66. The number of aliphatic hydroxyl groups is 1. The number of ketones is 1. The molecule has 75 heavy (non-hydrogen) atoms. The summed E-state index contributed by atoms with van der Waals surface area (Å²) in [5, 5.41) is 27.5. The fraction of sp³-hybridized carbons (Fsp3) is 0.836. The van der Waals surface area contributed by atoms with Crippen LogP contribution in [0.25, 0.3) is 0 Å². The van der Waals surface area contributed by atoms with E-state index >= 15 is 0 Å². The van der Waals surface area contributed by atoms with Gasteiger partial charge < -0.3 is 58.3 Å². The minimum absolute atomic E-state index is 0. The van der Waals surface area contributed by atoms with Gasteiger partial charge in [0.15, 0.2) is 6.10 Å². The lowest BCUT2D eigenvalue weighted by Gasteiger charge is -2.39. The number of carbonyl (C=O) groups excluding carboxylic acids is 9. The van der Waals surface area contributed by atoms with Crippen LogP contribution >= 0.6 is 0 Å². The largest absolute Gasteiger partial charge is 0.381 e. The molecule has 20 nitrogen and oxygen atoms in total. The lowest BCUT2D eigenvalue weighted by atomic mass is 9.79. The lowest BCUT2D eigenvalue weighted by molar-refractivity contribution is -0.145. The summed E-state index contributed by atoms with van der Waals surface area (Å²) in [6.45, 7) is 31.5. The molecule has 0 bridgehead atoms. The van der Waals surface area contributed by atoms with E-state index in [1.807, 2.05) is 83.1 Å². The number of nitrogens with two attached hydrogens (primary N) is 2. The van der Waals surface area contributed by atoms with Crippen molar-refractivity contribution in [3.05, 3.63) is 0 Å². The number of hydrogen-bond donors (Lipinski definition) is 9. The maximum Gasteiger partial charge on any atom is 0.315 e. The van der Waals surface area contributed by atoms with Gasteiger partial charge in [0, 0.05) is 32.7 Å². The number of primary amides is 2. The SMILES string of the molecule is C.CC(C)(C)NC(=O)N[C@H](C(=O)N1C[C@H]2[C@@H]([C@H]1C(=O)NC(CC1CCC1)C(=O)C(N)=O)C2(C)C)C(C)(C)C.CC(C)(C)NC(=O)N[C@H](C(=O)N1C[C@H]2[C@@H]([C@H]1C(=O)NC(CC1CCC1)C(O)C(N)=O)C2(C)C)C(C)(C)C.[HH].[HH].[HH].[HH].[HH].[HH]. The fourth-order valence-electron chi connectivity index (χ4n) is 11.8. The molecule has 0 aromatic carbocycles. The second-order valence-corrected chi connectivity index (χ2v) is 27.9. The molecule has 0 radical (unpaired) electrons. The maximum absolute atomic E-state index is 13.9. The van der Waals surface area contributed by atoms with E-state index in [9.17, 15) is 48.3 Å². The van der Waals surface area contributed by atoms with E-state index in [4.69, 9.17) is 11.5 Å². The third-order valence-electron chi connectivity index (χ3n) is 16.8. The quantitative estimate of drug-likeness (QED) is 0.0896. The van der Waals surface area contributed by atoms with Gasteiger partial charge in [-0.2, -0.15) is 0 Å². The van der Waals surface area contributed by atoms with E-state index in [1.165, 1.54) is 0 Å². The number of hydrogen-bond acceptors (Lipinski definition) is 10. The maximum atomic E-state index is 13.9. The van der Waals surface area contributed by atoms with Gasteiger partial charge in [-0.25, -0.2) is 9.59 Å². The first kappa shape index (κ1) is 62.5. The summed E-state index contributed by atoms with van der Waals surface area (Å²) >= 11 is 0. The second-order valence-electron chi connectivity index (χ2n) is 27.9. The normalized spacial score (nSPS) is 26.4. The van der Waals surface area contributed by atoms with Crippen LogP contribution in [0.1, 0.15) is 178 Å². The average Bonchev–Trinajstić information content (AvgIpc) is 3.66. The highest BCUT2D eigenvalue weighted by atomic mass is 16.3. The van der Waals surface area contributed by atoms with Crippen molar-refractivity contribution in [1.82, 2.24) is 41.7 Å². The molecule has 438 valence electrons. The number of piperidine rings is 2. The van der Waals surface area contributed by atoms with Crippen molar-refractivity contribution in [2.24, 2.45) is 68.6 Å². The monoisotopic (exact) mass is 1070 g/mol. The Morgan fingerprint density at radius 1 is 0.587 bits per heavy atom. The molecule has 11 N–H and O–H groups in total. The van der Waals surface area contributed by atoms with Crippen molar-refractivity contribution in [3.8, 4) is 0 Å². The van der Waals surface area contributed by atoms with Gasteiger partial charge in [0.1, 0.15) is 24.2 Å². The number of amides is 10. The molecule has 4 aliphatic carbocycles. The van der Waals surface area contributed by atoms with Crippen LogP contribution in [0.2, 0.25) is 0 Å². The van der Waals surface area contributed by atoms with E-state index in [-0.39, 0.29) is 74.1 Å². The standard InChI is InChI=1S/C27H47N5O5.C27H45N5O5.CH4.6H2/c2*1-25(2,3)20(30-24(37)31-26(4,5)6)23(36)32-13-15-17(27(15,7)8)18(32)22(35)29-16(19(33)21(28)34)12-14-10-9-11-14;;;;;;;/h14-20,33H,9-13H2,1-8H3,(H2,28,34)(H,29,35)(H2,30,31,37);14-18,20H,9-13H2,1-8H3,(H2,28,34)(H,29,35)(H2,30,31,37);1H4;6*1H/t15-,16?,17-,18-,19?,20+;15-,16?,17-,18-,20+;;;;;;;/m00......./s1. The van der Waals surface area contributed by atoms with Crippen molar-refractivity contribution in [2.45, 2.75) is 223 Å². The summed E-state index contributed by atoms with van der Waals surface area (Å²) in [5.74, 6) is -3.50. The van der Waals surface area contributed by atoms with Gasteiger partial charge in [0.05, 0.1) is 12.1 Å². The Hall–Kier alpha value is -5.01. The average molecular weight is 1070 g/mol. The van der Waals surface area contributed by atoms with Crippen LogP contribution < -0.4 is 43.4 Å². The summed E-state index contributed by atoms with van der Waals surface area (Å²) < 4.78 is 0. The Kier molecular flexibility index (Phi) is 18.8. The number of urea groups is 2. The molecule has 11 atom stereocenters. The Balaban J connectivity index is -0.00000138. The number of rotatable bonds is 16. The van der Waals surface area contributed by atoms with Gasteiger partial charge in [-0.15, -0.1) is 0 Å². The molecule has 0 aromatic heterocycles. The fourth-order valence-corrected chi connectivity index (χ4v) is 11.8. The molecule has 10 amide bonds. The van der Waals surface area contributed by atoms with Crippen molar-refractivity contribution >= 4 is 53.3 Å². The Morgan fingerprint density at radius 2 is 0.947 bits per heavy atom. The topological polar surface area (TPSA) is 305 Å². The molecule has 2 saturated heterocycles. The number of nitrogens with zero attached hydrogens (tertiary/aromatic N) is 2. The van der Waals surface area contributed by atoms with Crippen molar-refractivity contribution in [2.75, 3.05) is 13.1 Å². The van der Waals surface area contributed by atoms with Crippen LogP contribution in [0.15, 0.2) is 0 Å². The Bertz CT molecular complexity index is 2210. The number of fused-ring (bicyclic) bond motifs is 2. The number of nitrogens with one attached hydrogen (secondary N) is 6. The van der Waals surface area contributed by atoms with Gasteiger partial charge in [0.2, 0.25) is 35.3 Å². The summed E-state index contributed by atoms with van der Waals surface area (Å²) in [6.07, 6.45) is 5.34. The lowest BCUT2D eigenvalue weighted by Crippen LogP contribution is -2.62. The van der Waals surface area contributed by atoms with Crippen LogP contribution in [0.3, 0.4) is 0 Å². The van der Waals surface area contributed by atoms with E-state index in [1.54, 1.807) is 9.80 Å². The van der Waals surface area contributed by atoms with E-state index < -0.39 is 99.8 Å². The first-order chi connectivity index (χ1) is 33.7. The van der Waals surface area contributed by atoms with Crippen molar-refractivity contribution in [3.63, 3.8) is 0 Å². The molecular weight excluding hydrogens is 961 g/mol. The molecule has 2 aliphatic heterocycles. The molecule has 0 spiro atoms. The summed E-state index contributed by atoms with van der Waals surface area (Å²) in [6, 6.07) is -5.99.